The van der Waals surface area contributed by atoms with Crippen molar-refractivity contribution in [2.24, 2.45) is 22.7 Å². The van der Waals surface area contributed by atoms with E-state index in [4.69, 9.17) is 9.47 Å². The fourth-order valence-electron chi connectivity index (χ4n) is 18.5. The maximum atomic E-state index is 16.8. The summed E-state index contributed by atoms with van der Waals surface area (Å²) in [7, 11) is 0. The van der Waals surface area contributed by atoms with Crippen LogP contribution in [-0.2, 0) is 30.0 Å². The Labute approximate surface area is 382 Å². The number of piperidine rings is 4. The van der Waals surface area contributed by atoms with E-state index in [1.54, 1.807) is 0 Å². The number of Topliss-reactive ketones (excluding diaryl/α,β-unsaturated/α-hetero) is 1. The second kappa shape index (κ2) is 10.4. The van der Waals surface area contributed by atoms with Gasteiger partial charge in [-0.1, -0.05) is 13.8 Å². The van der Waals surface area contributed by atoms with Gasteiger partial charge in [0.2, 0.25) is 23.4 Å². The van der Waals surface area contributed by atoms with E-state index in [1.807, 2.05) is 91.0 Å². The molecule has 340 valence electrons. The summed E-state index contributed by atoms with van der Waals surface area (Å²) in [6.07, 6.45) is 11.2. The third kappa shape index (κ3) is 3.42. The summed E-state index contributed by atoms with van der Waals surface area (Å²) in [4.78, 5) is 70.9. The predicted molar refractivity (Wildman–Crippen MR) is 240 cm³/mol. The Morgan fingerprint density at radius 1 is 0.727 bits per heavy atom. The van der Waals surface area contributed by atoms with Gasteiger partial charge in [0, 0.05) is 58.0 Å². The van der Waals surface area contributed by atoms with Crippen LogP contribution in [0.25, 0.3) is 23.1 Å². The van der Waals surface area contributed by atoms with Gasteiger partial charge in [-0.15, -0.1) is 0 Å². The summed E-state index contributed by atoms with van der Waals surface area (Å²) < 4.78 is 15.9. The highest BCUT2D eigenvalue weighted by Gasteiger charge is 2.95. The van der Waals surface area contributed by atoms with Crippen LogP contribution in [0, 0.1) is 22.7 Å². The number of hydrogen-bond acceptors (Lipinski definition) is 8. The first-order valence-electron chi connectivity index (χ1n) is 24.3. The smallest absolute Gasteiger partial charge is 0.272 e. The van der Waals surface area contributed by atoms with E-state index in [0.717, 1.165) is 10.9 Å². The van der Waals surface area contributed by atoms with E-state index >= 15 is 19.2 Å². The van der Waals surface area contributed by atoms with Gasteiger partial charge in [-0.3, -0.25) is 24.4 Å². The van der Waals surface area contributed by atoms with Gasteiger partial charge in [0.15, 0.2) is 5.78 Å². The van der Waals surface area contributed by atoms with Gasteiger partial charge in [-0.05, 0) is 140 Å². The van der Waals surface area contributed by atoms with Gasteiger partial charge in [-0.25, -0.2) is 0 Å². The number of nitrogens with zero attached hydrogens (tertiary/aromatic N) is 5. The second-order valence-corrected chi connectivity index (χ2v) is 24.5. The third-order valence-electron chi connectivity index (χ3n) is 20.4. The van der Waals surface area contributed by atoms with Crippen molar-refractivity contribution in [1.29, 1.82) is 0 Å². The molecule has 17 rings (SSSR count). The molecule has 3 aliphatic carbocycles. The fourth-order valence-corrected chi connectivity index (χ4v) is 18.5. The van der Waals surface area contributed by atoms with Crippen LogP contribution in [-0.4, -0.2) is 111 Å². The molecule has 9 atom stereocenters. The van der Waals surface area contributed by atoms with Crippen LogP contribution in [0.5, 0.6) is 11.5 Å². The minimum absolute atomic E-state index is 0.0353. The molecule has 8 saturated heterocycles. The molecule has 6 unspecified atom stereocenters. The zero-order chi connectivity index (χ0) is 45.8. The number of carbonyl (C=O) groups excluding carboxylic acids is 4. The van der Waals surface area contributed by atoms with E-state index in [-0.39, 0.29) is 29.9 Å². The van der Waals surface area contributed by atoms with Crippen molar-refractivity contribution in [2.45, 2.75) is 151 Å². The zero-order valence-corrected chi connectivity index (χ0v) is 38.9. The fraction of sp³-hybridized carbons (Fsp3) is 0.566. The molecule has 0 radical (unpaired) electrons. The van der Waals surface area contributed by atoms with Gasteiger partial charge in [0.25, 0.3) is 5.69 Å². The number of ketones is 1. The molecule has 2 aromatic carbocycles. The van der Waals surface area contributed by atoms with Gasteiger partial charge in [0.05, 0.1) is 33.6 Å². The summed E-state index contributed by atoms with van der Waals surface area (Å²) in [5.74, 6) is -1.06. The number of amides is 3. The Morgan fingerprint density at radius 3 is 2.06 bits per heavy atom. The van der Waals surface area contributed by atoms with Gasteiger partial charge < -0.3 is 29.4 Å². The number of fused-ring (bicyclic) bond motifs is 10. The molecule has 12 heterocycles. The average molecular weight is 891 g/mol. The second-order valence-electron chi connectivity index (χ2n) is 24.5. The maximum Gasteiger partial charge on any atom is 0.272 e. The van der Waals surface area contributed by atoms with E-state index in [9.17, 15) is 10.4 Å². The SMILES string of the molecule is CC1(C)C=Cc2c(ccc3c2[N+](O)=C2C(C)(C)[C@H]4CC56CCCN5C(=O)C4(CC6=O)C4N5C(=O)C67CCCN6C(=O)[C@@]56C(C7)C(C)(C)c5c(c7ccc8c(c7n5O)C=CC(C)(C)O8)[C@@H]6C234)O1. The lowest BCUT2D eigenvalue weighted by Crippen LogP contribution is -2.87. The average Bonchev–Trinajstić information content (AvgIpc) is 4.05. The molecule has 1 aromatic heterocycles. The topological polar surface area (TPSA) is 145 Å². The molecule has 10 fully saturated rings. The highest BCUT2D eigenvalue weighted by Crippen LogP contribution is 2.83. The van der Waals surface area contributed by atoms with E-state index in [1.165, 1.54) is 9.47 Å². The van der Waals surface area contributed by atoms with E-state index < -0.39 is 73.3 Å². The summed E-state index contributed by atoms with van der Waals surface area (Å²) >= 11 is 0. The van der Waals surface area contributed by atoms with E-state index in [2.05, 4.69) is 27.7 Å². The van der Waals surface area contributed by atoms with Crippen molar-refractivity contribution in [1.82, 2.24) is 19.4 Å². The maximum absolute atomic E-state index is 16.8. The summed E-state index contributed by atoms with van der Waals surface area (Å²) in [5.41, 5.74) is -4.59. The van der Waals surface area contributed by atoms with Crippen molar-refractivity contribution in [3.05, 3.63) is 64.4 Å². The summed E-state index contributed by atoms with van der Waals surface area (Å²) in [6.45, 7) is 17.4. The van der Waals surface area contributed by atoms with E-state index in [0.29, 0.717) is 102 Å². The number of carbonyl (C=O) groups is 4. The predicted octanol–water partition coefficient (Wildman–Crippen LogP) is 6.77. The highest BCUT2D eigenvalue weighted by atomic mass is 16.5. The summed E-state index contributed by atoms with van der Waals surface area (Å²) in [5, 5.41) is 27.5. The quantitative estimate of drug-likeness (QED) is 0.143. The molecule has 11 aliphatic heterocycles. The zero-order valence-electron chi connectivity index (χ0n) is 38.9. The van der Waals surface area contributed by atoms with Crippen molar-refractivity contribution in [3.8, 4) is 11.5 Å². The van der Waals surface area contributed by atoms with Crippen LogP contribution in [0.4, 0.5) is 5.69 Å². The van der Waals surface area contributed by atoms with Crippen molar-refractivity contribution in [3.63, 3.8) is 0 Å². The molecule has 14 aliphatic rings. The molecule has 4 bridgehead atoms. The number of piperazine rings is 1. The Hall–Kier alpha value is -5.59. The first kappa shape index (κ1) is 38.5. The van der Waals surface area contributed by atoms with Crippen molar-refractivity contribution in [2.75, 3.05) is 13.1 Å². The molecular formula is C53H56N5O8+. The van der Waals surface area contributed by atoms with Crippen LogP contribution >= 0.6 is 0 Å². The number of ether oxygens (including phenoxy) is 2. The molecule has 2 N–H and O–H groups in total. The normalized spacial score (nSPS) is 40.6. The monoisotopic (exact) mass is 890 g/mol. The van der Waals surface area contributed by atoms with Crippen LogP contribution in [0.15, 0.2) is 36.4 Å². The molecule has 2 saturated carbocycles. The molecule has 13 heteroatoms. The highest BCUT2D eigenvalue weighted by molar-refractivity contribution is 6.17. The van der Waals surface area contributed by atoms with Crippen LogP contribution in [0.2, 0.25) is 0 Å². The Bertz CT molecular complexity index is 3130. The standard InChI is InChI=1S/C53H56N5O8/c1-45(2)19-15-26-30(65-45)13-11-28-35-38-52-29-12-14-31-27(16-20-46(3,4)66-31)37(29)58(64)40(52)48(7,8)32-23-49-17-9-21-54(49)43(61)51(32,25-34(49)59)41(52)56-42(60)50-18-10-22-55(50)44(62)53(38,56)33(24-50)47(5,6)39(35)57(63)36(26)28/h11-16,19-20,32-33,38,41,63-64H,9-10,17-18,21-25H2,1-8H3/q+1/t32-,33?,38-,41?,49?,50?,51?,52?,53+/m1/s1. The molecule has 13 nitrogen and oxygen atoms in total. The van der Waals surface area contributed by atoms with Gasteiger partial charge >= 0.3 is 0 Å². The molecule has 5 spiro atoms. The Kier molecular flexibility index (Phi) is 6.09. The lowest BCUT2D eigenvalue weighted by atomic mass is 9.35. The van der Waals surface area contributed by atoms with Crippen molar-refractivity contribution < 1.29 is 43.8 Å². The van der Waals surface area contributed by atoms with Crippen LogP contribution < -0.4 is 9.47 Å². The van der Waals surface area contributed by atoms with Gasteiger partial charge in [-0.2, -0.15) is 4.73 Å². The lowest BCUT2D eigenvalue weighted by molar-refractivity contribution is -0.714. The number of rotatable bonds is 0. The minimum atomic E-state index is -1.58. The van der Waals surface area contributed by atoms with Crippen molar-refractivity contribution >= 4 is 58.0 Å². The lowest BCUT2D eigenvalue weighted by Gasteiger charge is -2.70. The minimum Gasteiger partial charge on any atom is -0.483 e. The largest absolute Gasteiger partial charge is 0.483 e. The third-order valence-corrected chi connectivity index (χ3v) is 20.4. The number of hydrogen-bond donors (Lipinski definition) is 2. The molecule has 3 aromatic rings. The Balaban J connectivity index is 1.16. The molecule has 66 heavy (non-hydrogen) atoms. The Morgan fingerprint density at radius 2 is 1.35 bits per heavy atom. The number of benzene rings is 2. The van der Waals surface area contributed by atoms with Crippen LogP contribution in [0.1, 0.15) is 134 Å². The molecular weight excluding hydrogens is 835 g/mol. The molecule has 3 amide bonds. The first-order valence-corrected chi connectivity index (χ1v) is 24.3. The van der Waals surface area contributed by atoms with Crippen LogP contribution in [0.3, 0.4) is 0 Å². The number of aromatic nitrogens is 1. The van der Waals surface area contributed by atoms with Gasteiger partial charge in [0.1, 0.15) is 44.7 Å². The summed E-state index contributed by atoms with van der Waals surface area (Å²) in [6, 6.07) is 6.87. The first-order chi connectivity index (χ1) is 31.1.